The van der Waals surface area contributed by atoms with Gasteiger partial charge in [-0.3, -0.25) is 9.79 Å². The van der Waals surface area contributed by atoms with Crippen molar-refractivity contribution >= 4 is 17.7 Å². The molecule has 0 saturated heterocycles. The third-order valence-electron chi connectivity index (χ3n) is 2.77. The van der Waals surface area contributed by atoms with Gasteiger partial charge in [0.05, 0.1) is 12.8 Å². The number of methoxy groups -OCH3 is 1. The van der Waals surface area contributed by atoms with E-state index in [9.17, 15) is 4.79 Å². The molecule has 3 nitrogen and oxygen atoms in total. The molecule has 0 amide bonds. The van der Waals surface area contributed by atoms with E-state index in [2.05, 4.69) is 4.99 Å². The highest BCUT2D eigenvalue weighted by Crippen LogP contribution is 2.18. The summed E-state index contributed by atoms with van der Waals surface area (Å²) in [5, 5.41) is 0. The number of para-hydroxylation sites is 1. The normalized spacial score (nSPS) is 10.6. The molecule has 0 saturated carbocycles. The van der Waals surface area contributed by atoms with E-state index in [-0.39, 0.29) is 5.78 Å². The van der Waals surface area contributed by atoms with Gasteiger partial charge in [-0.1, -0.05) is 12.1 Å². The molecule has 0 spiro atoms. The minimum absolute atomic E-state index is 0.0558. The van der Waals surface area contributed by atoms with Crippen LogP contribution in [0.3, 0.4) is 0 Å². The lowest BCUT2D eigenvalue weighted by atomic mass is 10.1. The summed E-state index contributed by atoms with van der Waals surface area (Å²) in [5.74, 6) is 0.840. The Kier molecular flexibility index (Phi) is 4.08. The van der Waals surface area contributed by atoms with E-state index in [4.69, 9.17) is 4.74 Å². The molecule has 0 unspecified atom stereocenters. The van der Waals surface area contributed by atoms with Gasteiger partial charge in [0.2, 0.25) is 0 Å². The van der Waals surface area contributed by atoms with Gasteiger partial charge in [0.15, 0.2) is 5.78 Å². The fourth-order valence-corrected chi connectivity index (χ4v) is 1.70. The van der Waals surface area contributed by atoms with Crippen LogP contribution in [0.25, 0.3) is 0 Å². The van der Waals surface area contributed by atoms with Crippen LogP contribution in [0.2, 0.25) is 0 Å². The first kappa shape index (κ1) is 13.0. The molecule has 3 heteroatoms. The Morgan fingerprint density at radius 3 is 2.42 bits per heavy atom. The molecule has 2 rings (SSSR count). The predicted molar refractivity (Wildman–Crippen MR) is 76.7 cm³/mol. The molecule has 0 aromatic heterocycles. The summed E-state index contributed by atoms with van der Waals surface area (Å²) in [6.45, 7) is 1.55. The second-order valence-corrected chi connectivity index (χ2v) is 4.10. The van der Waals surface area contributed by atoms with E-state index in [0.29, 0.717) is 5.56 Å². The van der Waals surface area contributed by atoms with Gasteiger partial charge in [-0.05, 0) is 43.3 Å². The van der Waals surface area contributed by atoms with Crippen LogP contribution in [0.15, 0.2) is 53.5 Å². The maximum atomic E-state index is 11.2. The number of hydrogen-bond acceptors (Lipinski definition) is 3. The average molecular weight is 253 g/mol. The van der Waals surface area contributed by atoms with Crippen molar-refractivity contribution in [1.29, 1.82) is 0 Å². The zero-order chi connectivity index (χ0) is 13.7. The molecule has 19 heavy (non-hydrogen) atoms. The fourth-order valence-electron chi connectivity index (χ4n) is 1.70. The zero-order valence-corrected chi connectivity index (χ0v) is 11.0. The lowest BCUT2D eigenvalue weighted by Gasteiger charge is -2.03. The van der Waals surface area contributed by atoms with Crippen molar-refractivity contribution in [3.8, 4) is 5.75 Å². The number of Topliss-reactive ketones (excluding diaryl/α,β-unsaturated/α-hetero) is 1. The first-order chi connectivity index (χ1) is 9.20. The van der Waals surface area contributed by atoms with Crippen molar-refractivity contribution in [2.45, 2.75) is 6.92 Å². The summed E-state index contributed by atoms with van der Waals surface area (Å²) < 4.78 is 5.25. The van der Waals surface area contributed by atoms with Crippen molar-refractivity contribution in [3.05, 3.63) is 59.7 Å². The molecule has 0 bridgehead atoms. The van der Waals surface area contributed by atoms with Crippen LogP contribution < -0.4 is 4.74 Å². The maximum Gasteiger partial charge on any atom is 0.159 e. The summed E-state index contributed by atoms with van der Waals surface area (Å²) in [5.41, 5.74) is 2.41. The van der Waals surface area contributed by atoms with Crippen molar-refractivity contribution in [3.63, 3.8) is 0 Å². The van der Waals surface area contributed by atoms with Crippen LogP contribution in [0.1, 0.15) is 22.8 Å². The molecular formula is C16H15NO2. The van der Waals surface area contributed by atoms with Gasteiger partial charge in [0, 0.05) is 17.3 Å². The highest BCUT2D eigenvalue weighted by molar-refractivity contribution is 5.94. The minimum atomic E-state index is 0.0558. The standard InChI is InChI=1S/C16H15NO2/c1-12(18)13-7-9-15(10-8-13)17-11-14-5-3-4-6-16(14)19-2/h3-11H,1-2H3. The zero-order valence-electron chi connectivity index (χ0n) is 11.0. The molecule has 2 aromatic rings. The molecule has 2 aromatic carbocycles. The van der Waals surface area contributed by atoms with Gasteiger partial charge in [0.1, 0.15) is 5.75 Å². The molecule has 0 fully saturated rings. The van der Waals surface area contributed by atoms with Crippen LogP contribution in [0.4, 0.5) is 5.69 Å². The number of rotatable bonds is 4. The number of benzene rings is 2. The third kappa shape index (κ3) is 3.28. The topological polar surface area (TPSA) is 38.7 Å². The number of aliphatic imine (C=N–C) groups is 1. The lowest BCUT2D eigenvalue weighted by Crippen LogP contribution is -1.90. The number of nitrogens with zero attached hydrogens (tertiary/aromatic N) is 1. The van der Waals surface area contributed by atoms with Crippen LogP contribution in [0, 0.1) is 0 Å². The van der Waals surface area contributed by atoms with Crippen LogP contribution in [0.5, 0.6) is 5.75 Å². The second kappa shape index (κ2) is 5.96. The smallest absolute Gasteiger partial charge is 0.159 e. The number of hydrogen-bond donors (Lipinski definition) is 0. The lowest BCUT2D eigenvalue weighted by molar-refractivity contribution is 0.101. The Morgan fingerprint density at radius 1 is 1.11 bits per heavy atom. The summed E-state index contributed by atoms with van der Waals surface area (Å²) in [6, 6.07) is 14.9. The second-order valence-electron chi connectivity index (χ2n) is 4.10. The average Bonchev–Trinajstić information content (AvgIpc) is 2.45. The molecule has 0 heterocycles. The van der Waals surface area contributed by atoms with Gasteiger partial charge in [-0.15, -0.1) is 0 Å². The number of carbonyl (C=O) groups excluding carboxylic acids is 1. The van der Waals surface area contributed by atoms with E-state index in [1.807, 2.05) is 36.4 Å². The number of ether oxygens (including phenoxy) is 1. The van der Waals surface area contributed by atoms with Crippen molar-refractivity contribution in [2.24, 2.45) is 4.99 Å². The Hall–Kier alpha value is -2.42. The molecule has 96 valence electrons. The van der Waals surface area contributed by atoms with E-state index in [1.54, 1.807) is 32.4 Å². The first-order valence-corrected chi connectivity index (χ1v) is 5.99. The molecule has 0 aliphatic carbocycles. The minimum Gasteiger partial charge on any atom is -0.496 e. The van der Waals surface area contributed by atoms with Gasteiger partial charge < -0.3 is 4.74 Å². The van der Waals surface area contributed by atoms with Crippen LogP contribution in [-0.4, -0.2) is 19.1 Å². The summed E-state index contributed by atoms with van der Waals surface area (Å²) in [4.78, 5) is 15.5. The first-order valence-electron chi connectivity index (χ1n) is 5.99. The summed E-state index contributed by atoms with van der Waals surface area (Å²) in [6.07, 6.45) is 1.75. The van der Waals surface area contributed by atoms with Crippen molar-refractivity contribution < 1.29 is 9.53 Å². The Labute approximate surface area is 112 Å². The SMILES string of the molecule is COc1ccccc1C=Nc1ccc(C(C)=O)cc1. The summed E-state index contributed by atoms with van der Waals surface area (Å²) in [7, 11) is 1.63. The number of ketones is 1. The Morgan fingerprint density at radius 2 is 1.79 bits per heavy atom. The van der Waals surface area contributed by atoms with Crippen LogP contribution in [-0.2, 0) is 0 Å². The van der Waals surface area contributed by atoms with Gasteiger partial charge in [-0.25, -0.2) is 0 Å². The summed E-state index contributed by atoms with van der Waals surface area (Å²) >= 11 is 0. The van der Waals surface area contributed by atoms with E-state index < -0.39 is 0 Å². The number of carbonyl (C=O) groups is 1. The molecule has 0 N–H and O–H groups in total. The maximum absolute atomic E-state index is 11.2. The van der Waals surface area contributed by atoms with Gasteiger partial charge >= 0.3 is 0 Å². The fraction of sp³-hybridized carbons (Fsp3) is 0.125. The molecule has 0 atom stereocenters. The van der Waals surface area contributed by atoms with Gasteiger partial charge in [-0.2, -0.15) is 0 Å². The molecule has 0 aliphatic rings. The third-order valence-corrected chi connectivity index (χ3v) is 2.77. The quantitative estimate of drug-likeness (QED) is 0.616. The largest absolute Gasteiger partial charge is 0.496 e. The molecular weight excluding hydrogens is 238 g/mol. The van der Waals surface area contributed by atoms with Crippen molar-refractivity contribution in [2.75, 3.05) is 7.11 Å². The van der Waals surface area contributed by atoms with E-state index in [1.165, 1.54) is 0 Å². The van der Waals surface area contributed by atoms with Crippen molar-refractivity contribution in [1.82, 2.24) is 0 Å². The molecule has 0 radical (unpaired) electrons. The van der Waals surface area contributed by atoms with Crippen LogP contribution >= 0.6 is 0 Å². The Bertz CT molecular complexity index is 600. The van der Waals surface area contributed by atoms with E-state index in [0.717, 1.165) is 17.0 Å². The Balaban J connectivity index is 2.20. The highest BCUT2D eigenvalue weighted by Gasteiger charge is 1.99. The predicted octanol–water partition coefficient (Wildman–Crippen LogP) is 3.65. The molecule has 0 aliphatic heterocycles. The highest BCUT2D eigenvalue weighted by atomic mass is 16.5. The monoisotopic (exact) mass is 253 g/mol. The van der Waals surface area contributed by atoms with Gasteiger partial charge in [0.25, 0.3) is 0 Å². The van der Waals surface area contributed by atoms with E-state index >= 15 is 0 Å².